The van der Waals surface area contributed by atoms with E-state index in [0.717, 1.165) is 29.6 Å². The Balaban J connectivity index is 1.84. The smallest absolute Gasteiger partial charge is 0.125 e. The fourth-order valence-corrected chi connectivity index (χ4v) is 2.41. The standard InChI is InChI=1S/C11H12ClN3S/c1-8-14-3-2-10(15-8)5-13-6-11-4-9(12)7-16-11/h2-4,7,13H,5-6H2,1H3. The lowest BCUT2D eigenvalue weighted by Crippen LogP contribution is -2.13. The minimum atomic E-state index is 0.749. The van der Waals surface area contributed by atoms with Crippen LogP contribution in [0.4, 0.5) is 0 Å². The zero-order chi connectivity index (χ0) is 11.4. The average molecular weight is 254 g/mol. The van der Waals surface area contributed by atoms with Crippen LogP contribution in [0.25, 0.3) is 0 Å². The Kier molecular flexibility index (Phi) is 3.88. The average Bonchev–Trinajstić information content (AvgIpc) is 2.64. The van der Waals surface area contributed by atoms with Crippen molar-refractivity contribution in [3.63, 3.8) is 0 Å². The molecule has 0 aromatic carbocycles. The third-order valence-corrected chi connectivity index (χ3v) is 3.35. The first-order valence-electron chi connectivity index (χ1n) is 4.96. The number of nitrogens with zero attached hydrogens (tertiary/aromatic N) is 2. The minimum Gasteiger partial charge on any atom is -0.306 e. The van der Waals surface area contributed by atoms with E-state index in [0.29, 0.717) is 0 Å². The predicted molar refractivity (Wildman–Crippen MR) is 66.6 cm³/mol. The normalized spacial score (nSPS) is 10.6. The van der Waals surface area contributed by atoms with E-state index in [1.807, 2.05) is 24.4 Å². The molecule has 0 saturated heterocycles. The van der Waals surface area contributed by atoms with E-state index in [-0.39, 0.29) is 0 Å². The summed E-state index contributed by atoms with van der Waals surface area (Å²) in [5.74, 6) is 0.804. The third-order valence-electron chi connectivity index (χ3n) is 2.06. The molecule has 2 aromatic heterocycles. The number of aryl methyl sites for hydroxylation is 1. The summed E-state index contributed by atoms with van der Waals surface area (Å²) in [5.41, 5.74) is 1.01. The molecule has 0 aliphatic rings. The number of aromatic nitrogens is 2. The fourth-order valence-electron chi connectivity index (χ4n) is 1.36. The van der Waals surface area contributed by atoms with Crippen LogP contribution in [0.15, 0.2) is 23.7 Å². The molecule has 0 aliphatic carbocycles. The highest BCUT2D eigenvalue weighted by Gasteiger charge is 1.98. The van der Waals surface area contributed by atoms with Crippen LogP contribution in [-0.4, -0.2) is 9.97 Å². The SMILES string of the molecule is Cc1nccc(CNCc2cc(Cl)cs2)n1. The van der Waals surface area contributed by atoms with Crippen LogP contribution in [0.1, 0.15) is 16.4 Å². The van der Waals surface area contributed by atoms with Crippen molar-refractivity contribution >= 4 is 22.9 Å². The molecule has 0 radical (unpaired) electrons. The quantitative estimate of drug-likeness (QED) is 0.911. The van der Waals surface area contributed by atoms with Crippen LogP contribution < -0.4 is 5.32 Å². The van der Waals surface area contributed by atoms with Crippen molar-refractivity contribution in [2.75, 3.05) is 0 Å². The van der Waals surface area contributed by atoms with Crippen molar-refractivity contribution in [1.82, 2.24) is 15.3 Å². The Morgan fingerprint density at radius 3 is 3.00 bits per heavy atom. The van der Waals surface area contributed by atoms with E-state index in [4.69, 9.17) is 11.6 Å². The predicted octanol–water partition coefficient (Wildman–Crippen LogP) is 2.79. The topological polar surface area (TPSA) is 37.8 Å². The van der Waals surface area contributed by atoms with Gasteiger partial charge in [-0.05, 0) is 19.1 Å². The number of thiophene rings is 1. The van der Waals surface area contributed by atoms with Crippen LogP contribution in [0.5, 0.6) is 0 Å². The van der Waals surface area contributed by atoms with Gasteiger partial charge >= 0.3 is 0 Å². The van der Waals surface area contributed by atoms with E-state index in [1.165, 1.54) is 4.88 Å². The van der Waals surface area contributed by atoms with E-state index < -0.39 is 0 Å². The molecule has 2 aromatic rings. The number of hydrogen-bond donors (Lipinski definition) is 1. The van der Waals surface area contributed by atoms with E-state index in [2.05, 4.69) is 15.3 Å². The van der Waals surface area contributed by atoms with Crippen molar-refractivity contribution in [1.29, 1.82) is 0 Å². The third kappa shape index (κ3) is 3.27. The molecule has 0 spiro atoms. The Hall–Kier alpha value is -0.970. The molecule has 0 unspecified atom stereocenters. The largest absolute Gasteiger partial charge is 0.306 e. The monoisotopic (exact) mass is 253 g/mol. The van der Waals surface area contributed by atoms with Gasteiger partial charge in [-0.1, -0.05) is 11.6 Å². The molecule has 5 heteroatoms. The molecule has 3 nitrogen and oxygen atoms in total. The van der Waals surface area contributed by atoms with Crippen molar-refractivity contribution in [3.8, 4) is 0 Å². The summed E-state index contributed by atoms with van der Waals surface area (Å²) in [6.07, 6.45) is 1.78. The first-order chi connectivity index (χ1) is 7.74. The Labute approximate surface area is 104 Å². The highest BCUT2D eigenvalue weighted by atomic mass is 35.5. The van der Waals surface area contributed by atoms with Crippen LogP contribution in [0.3, 0.4) is 0 Å². The van der Waals surface area contributed by atoms with Gasteiger partial charge in [0.1, 0.15) is 5.82 Å². The van der Waals surface area contributed by atoms with Crippen molar-refractivity contribution in [2.24, 2.45) is 0 Å². The molecule has 0 amide bonds. The lowest BCUT2D eigenvalue weighted by atomic mass is 10.4. The lowest BCUT2D eigenvalue weighted by Gasteiger charge is -2.02. The molecule has 0 fully saturated rings. The maximum Gasteiger partial charge on any atom is 0.125 e. The van der Waals surface area contributed by atoms with Crippen molar-refractivity contribution in [2.45, 2.75) is 20.0 Å². The van der Waals surface area contributed by atoms with Crippen LogP contribution >= 0.6 is 22.9 Å². The highest BCUT2D eigenvalue weighted by Crippen LogP contribution is 2.18. The number of rotatable bonds is 4. The second kappa shape index (κ2) is 5.39. The molecule has 0 saturated carbocycles. The molecule has 0 aliphatic heterocycles. The summed E-state index contributed by atoms with van der Waals surface area (Å²) in [5, 5.41) is 6.06. The van der Waals surface area contributed by atoms with Gasteiger partial charge in [-0.3, -0.25) is 0 Å². The second-order valence-electron chi connectivity index (χ2n) is 3.43. The van der Waals surface area contributed by atoms with E-state index in [9.17, 15) is 0 Å². The molecular formula is C11H12ClN3S. The molecular weight excluding hydrogens is 242 g/mol. The van der Waals surface area contributed by atoms with E-state index in [1.54, 1.807) is 17.5 Å². The zero-order valence-electron chi connectivity index (χ0n) is 8.90. The summed E-state index contributed by atoms with van der Waals surface area (Å²) in [6.45, 7) is 3.46. The molecule has 0 atom stereocenters. The van der Waals surface area contributed by atoms with Crippen LogP contribution in [-0.2, 0) is 13.1 Å². The molecule has 2 rings (SSSR count). The second-order valence-corrected chi connectivity index (χ2v) is 4.86. The fraction of sp³-hybridized carbons (Fsp3) is 0.273. The Morgan fingerprint density at radius 1 is 1.44 bits per heavy atom. The Bertz CT molecular complexity index is 470. The van der Waals surface area contributed by atoms with Crippen molar-refractivity contribution < 1.29 is 0 Å². The summed E-state index contributed by atoms with van der Waals surface area (Å²) >= 11 is 7.50. The number of hydrogen-bond acceptors (Lipinski definition) is 4. The van der Waals surface area contributed by atoms with Crippen LogP contribution in [0.2, 0.25) is 5.02 Å². The van der Waals surface area contributed by atoms with Gasteiger partial charge in [-0.2, -0.15) is 0 Å². The maximum absolute atomic E-state index is 5.84. The summed E-state index contributed by atoms with van der Waals surface area (Å²) < 4.78 is 0. The Morgan fingerprint density at radius 2 is 2.31 bits per heavy atom. The summed E-state index contributed by atoms with van der Waals surface area (Å²) in [4.78, 5) is 9.60. The summed E-state index contributed by atoms with van der Waals surface area (Å²) in [7, 11) is 0. The molecule has 1 N–H and O–H groups in total. The minimum absolute atomic E-state index is 0.749. The highest BCUT2D eigenvalue weighted by molar-refractivity contribution is 7.10. The van der Waals surface area contributed by atoms with Gasteiger partial charge in [0.05, 0.1) is 10.7 Å². The molecule has 16 heavy (non-hydrogen) atoms. The van der Waals surface area contributed by atoms with Gasteiger partial charge in [0.25, 0.3) is 0 Å². The van der Waals surface area contributed by atoms with Gasteiger partial charge in [0.2, 0.25) is 0 Å². The van der Waals surface area contributed by atoms with Gasteiger partial charge in [0.15, 0.2) is 0 Å². The first kappa shape index (κ1) is 11.5. The zero-order valence-corrected chi connectivity index (χ0v) is 10.5. The van der Waals surface area contributed by atoms with Gasteiger partial charge in [0, 0.05) is 29.5 Å². The van der Waals surface area contributed by atoms with Gasteiger partial charge in [-0.15, -0.1) is 11.3 Å². The number of halogens is 1. The summed E-state index contributed by atoms with van der Waals surface area (Å²) in [6, 6.07) is 3.89. The maximum atomic E-state index is 5.84. The van der Waals surface area contributed by atoms with Gasteiger partial charge in [-0.25, -0.2) is 9.97 Å². The molecule has 0 bridgehead atoms. The van der Waals surface area contributed by atoms with Crippen molar-refractivity contribution in [3.05, 3.63) is 45.1 Å². The van der Waals surface area contributed by atoms with E-state index >= 15 is 0 Å². The lowest BCUT2D eigenvalue weighted by molar-refractivity contribution is 0.681. The van der Waals surface area contributed by atoms with Gasteiger partial charge < -0.3 is 5.32 Å². The first-order valence-corrected chi connectivity index (χ1v) is 6.22. The molecule has 84 valence electrons. The molecule has 2 heterocycles. The number of nitrogens with one attached hydrogen (secondary N) is 1. The van der Waals surface area contributed by atoms with Crippen LogP contribution in [0, 0.1) is 6.92 Å².